The number of anilines is 1. The third kappa shape index (κ3) is 6.87. The summed E-state index contributed by atoms with van der Waals surface area (Å²) in [5.74, 6) is 0.438. The van der Waals surface area contributed by atoms with E-state index in [-0.39, 0.29) is 22.4 Å². The lowest BCUT2D eigenvalue weighted by Gasteiger charge is -2.25. The lowest BCUT2D eigenvalue weighted by atomic mass is 9.99. The van der Waals surface area contributed by atoms with E-state index in [0.717, 1.165) is 30.0 Å². The van der Waals surface area contributed by atoms with Gasteiger partial charge in [0.05, 0.1) is 22.7 Å². The number of carbonyl (C=O) groups is 1. The Morgan fingerprint density at radius 1 is 1.16 bits per heavy atom. The van der Waals surface area contributed by atoms with Crippen molar-refractivity contribution < 1.29 is 17.9 Å². The highest BCUT2D eigenvalue weighted by Crippen LogP contribution is 2.31. The third-order valence-corrected chi connectivity index (χ3v) is 7.26. The number of nitrogens with one attached hydrogen (secondary N) is 1. The SMILES string of the molecule is CCCC[C@@H](CC)CNC(=O)CN(c1ccc(OC)c(Cl)c1)S(=O)(=O)c1ccccc1. The minimum Gasteiger partial charge on any atom is -0.495 e. The normalized spacial score (nSPS) is 12.3. The summed E-state index contributed by atoms with van der Waals surface area (Å²) in [7, 11) is -2.49. The Balaban J connectivity index is 2.28. The fourth-order valence-electron chi connectivity index (χ4n) is 3.23. The molecule has 6 nitrogen and oxygen atoms in total. The molecule has 0 aliphatic carbocycles. The van der Waals surface area contributed by atoms with Gasteiger partial charge in [-0.1, -0.05) is 62.9 Å². The highest BCUT2D eigenvalue weighted by atomic mass is 35.5. The summed E-state index contributed by atoms with van der Waals surface area (Å²) in [6, 6.07) is 12.7. The number of sulfonamides is 1. The predicted octanol–water partition coefficient (Wildman–Crippen LogP) is 4.88. The molecule has 0 saturated heterocycles. The van der Waals surface area contributed by atoms with Crippen LogP contribution in [0.25, 0.3) is 0 Å². The number of carbonyl (C=O) groups excluding carboxylic acids is 1. The highest BCUT2D eigenvalue weighted by Gasteiger charge is 2.27. The number of methoxy groups -OCH3 is 1. The highest BCUT2D eigenvalue weighted by molar-refractivity contribution is 7.92. The van der Waals surface area contributed by atoms with Crippen LogP contribution in [0.5, 0.6) is 5.75 Å². The monoisotopic (exact) mass is 466 g/mol. The van der Waals surface area contributed by atoms with Gasteiger partial charge in [-0.3, -0.25) is 9.10 Å². The van der Waals surface area contributed by atoms with Gasteiger partial charge in [-0.2, -0.15) is 0 Å². The Hall–Kier alpha value is -2.25. The number of amides is 1. The van der Waals surface area contributed by atoms with Crippen molar-refractivity contribution in [2.24, 2.45) is 5.92 Å². The number of ether oxygens (including phenoxy) is 1. The first kappa shape index (κ1) is 25.0. The molecule has 31 heavy (non-hydrogen) atoms. The van der Waals surface area contributed by atoms with Gasteiger partial charge in [-0.25, -0.2) is 8.42 Å². The quantitative estimate of drug-likeness (QED) is 0.483. The molecule has 0 heterocycles. The second-order valence-corrected chi connectivity index (χ2v) is 9.63. The second kappa shape index (κ2) is 12.0. The molecule has 2 aromatic carbocycles. The van der Waals surface area contributed by atoms with Crippen molar-refractivity contribution in [1.29, 1.82) is 0 Å². The molecule has 2 aromatic rings. The van der Waals surface area contributed by atoms with Crippen LogP contribution in [0, 0.1) is 5.92 Å². The summed E-state index contributed by atoms with van der Waals surface area (Å²) >= 11 is 6.23. The van der Waals surface area contributed by atoms with Crippen LogP contribution in [-0.4, -0.2) is 34.5 Å². The van der Waals surface area contributed by atoms with E-state index in [4.69, 9.17) is 16.3 Å². The number of rotatable bonds is 12. The third-order valence-electron chi connectivity index (χ3n) is 5.17. The van der Waals surface area contributed by atoms with Crippen molar-refractivity contribution in [3.05, 3.63) is 53.6 Å². The molecular weight excluding hydrogens is 436 g/mol. The van der Waals surface area contributed by atoms with Crippen molar-refractivity contribution >= 4 is 33.2 Å². The molecule has 2 rings (SSSR count). The van der Waals surface area contributed by atoms with Crippen LogP contribution in [-0.2, 0) is 14.8 Å². The molecule has 0 aliphatic heterocycles. The summed E-state index contributed by atoms with van der Waals surface area (Å²) < 4.78 is 32.9. The van der Waals surface area contributed by atoms with Gasteiger partial charge in [-0.05, 0) is 42.7 Å². The molecule has 0 aliphatic rings. The van der Waals surface area contributed by atoms with Gasteiger partial charge >= 0.3 is 0 Å². The molecule has 0 aromatic heterocycles. The Labute approximate surface area is 190 Å². The second-order valence-electron chi connectivity index (χ2n) is 7.36. The summed E-state index contributed by atoms with van der Waals surface area (Å²) in [5, 5.41) is 3.16. The van der Waals surface area contributed by atoms with Crippen molar-refractivity contribution in [2.45, 2.75) is 44.4 Å². The lowest BCUT2D eigenvalue weighted by Crippen LogP contribution is -2.42. The average Bonchev–Trinajstić information content (AvgIpc) is 2.78. The van der Waals surface area contributed by atoms with Gasteiger partial charge in [0.2, 0.25) is 5.91 Å². The molecule has 8 heteroatoms. The van der Waals surface area contributed by atoms with E-state index in [1.807, 2.05) is 0 Å². The van der Waals surface area contributed by atoms with Crippen LogP contribution >= 0.6 is 11.6 Å². The van der Waals surface area contributed by atoms with E-state index >= 15 is 0 Å². The summed E-state index contributed by atoms with van der Waals surface area (Å²) in [4.78, 5) is 12.8. The van der Waals surface area contributed by atoms with Crippen molar-refractivity contribution in [3.8, 4) is 5.75 Å². The van der Waals surface area contributed by atoms with Crippen LogP contribution in [0.15, 0.2) is 53.4 Å². The topological polar surface area (TPSA) is 75.7 Å². The molecule has 0 radical (unpaired) electrons. The smallest absolute Gasteiger partial charge is 0.264 e. The standard InChI is InChI=1S/C23H31ClN2O4S/c1-4-6-10-18(5-2)16-25-23(27)17-26(19-13-14-22(30-3)21(24)15-19)31(28,29)20-11-8-7-9-12-20/h7-9,11-15,18H,4-6,10,16-17H2,1-3H3,(H,25,27)/t18-/m1/s1. The summed E-state index contributed by atoms with van der Waals surface area (Å²) in [6.07, 6.45) is 4.20. The molecule has 0 fully saturated rings. The van der Waals surface area contributed by atoms with Gasteiger partial charge in [0.25, 0.3) is 10.0 Å². The van der Waals surface area contributed by atoms with Crippen LogP contribution in [0.3, 0.4) is 0 Å². The maximum atomic E-state index is 13.3. The largest absolute Gasteiger partial charge is 0.495 e. The molecule has 0 bridgehead atoms. The molecule has 1 amide bonds. The maximum Gasteiger partial charge on any atom is 0.264 e. The number of halogens is 1. The van der Waals surface area contributed by atoms with Gasteiger partial charge in [0, 0.05) is 6.54 Å². The molecule has 0 unspecified atom stereocenters. The maximum absolute atomic E-state index is 13.3. The molecular formula is C23H31ClN2O4S. The van der Waals surface area contributed by atoms with Crippen LogP contribution in [0.1, 0.15) is 39.5 Å². The van der Waals surface area contributed by atoms with Gasteiger partial charge in [0.1, 0.15) is 12.3 Å². The minimum absolute atomic E-state index is 0.101. The van der Waals surface area contributed by atoms with Crippen molar-refractivity contribution in [3.63, 3.8) is 0 Å². The predicted molar refractivity (Wildman–Crippen MR) is 125 cm³/mol. The van der Waals surface area contributed by atoms with Crippen LogP contribution < -0.4 is 14.4 Å². The number of hydrogen-bond donors (Lipinski definition) is 1. The van der Waals surface area contributed by atoms with Gasteiger partial charge in [0.15, 0.2) is 0 Å². The lowest BCUT2D eigenvalue weighted by molar-refractivity contribution is -0.119. The average molecular weight is 467 g/mol. The van der Waals surface area contributed by atoms with E-state index in [1.54, 1.807) is 30.3 Å². The van der Waals surface area contributed by atoms with Gasteiger partial charge < -0.3 is 10.1 Å². The molecule has 0 spiro atoms. The fraction of sp³-hybridized carbons (Fsp3) is 0.435. The minimum atomic E-state index is -3.97. The fourth-order valence-corrected chi connectivity index (χ4v) is 4.92. The van der Waals surface area contributed by atoms with E-state index in [9.17, 15) is 13.2 Å². The van der Waals surface area contributed by atoms with Crippen molar-refractivity contribution in [1.82, 2.24) is 5.32 Å². The Kier molecular flexibility index (Phi) is 9.65. The van der Waals surface area contributed by atoms with Gasteiger partial charge in [-0.15, -0.1) is 0 Å². The van der Waals surface area contributed by atoms with E-state index in [0.29, 0.717) is 23.9 Å². The zero-order valence-electron chi connectivity index (χ0n) is 18.3. The zero-order chi connectivity index (χ0) is 22.9. The Morgan fingerprint density at radius 2 is 1.87 bits per heavy atom. The van der Waals surface area contributed by atoms with Crippen LogP contribution in [0.2, 0.25) is 5.02 Å². The van der Waals surface area contributed by atoms with E-state index < -0.39 is 10.0 Å². The number of nitrogens with zero attached hydrogens (tertiary/aromatic N) is 1. The molecule has 0 saturated carbocycles. The molecule has 170 valence electrons. The summed E-state index contributed by atoms with van der Waals surface area (Å²) in [6.45, 7) is 4.41. The van der Waals surface area contributed by atoms with Crippen molar-refractivity contribution in [2.75, 3.05) is 24.5 Å². The number of unbranched alkanes of at least 4 members (excludes halogenated alkanes) is 1. The Morgan fingerprint density at radius 3 is 2.45 bits per heavy atom. The van der Waals surface area contributed by atoms with E-state index in [2.05, 4.69) is 19.2 Å². The number of hydrogen-bond acceptors (Lipinski definition) is 4. The zero-order valence-corrected chi connectivity index (χ0v) is 19.9. The number of benzene rings is 2. The first-order valence-corrected chi connectivity index (χ1v) is 12.3. The molecule has 1 atom stereocenters. The first-order valence-electron chi connectivity index (χ1n) is 10.5. The summed E-state index contributed by atoms with van der Waals surface area (Å²) in [5.41, 5.74) is 0.294. The van der Waals surface area contributed by atoms with E-state index in [1.165, 1.54) is 25.3 Å². The Bertz CT molecular complexity index is 951. The molecule has 1 N–H and O–H groups in total. The van der Waals surface area contributed by atoms with Crippen LogP contribution in [0.4, 0.5) is 5.69 Å². The first-order chi connectivity index (χ1) is 14.8.